The van der Waals surface area contributed by atoms with Crippen molar-refractivity contribution >= 4 is 0 Å². The average Bonchev–Trinajstić information content (AvgIpc) is 3.43. The Balaban J connectivity index is 1.18. The predicted molar refractivity (Wildman–Crippen MR) is 108 cm³/mol. The van der Waals surface area contributed by atoms with Gasteiger partial charge in [0.25, 0.3) is 0 Å². The number of nitrogens with one attached hydrogen (secondary N) is 1. The van der Waals surface area contributed by atoms with E-state index < -0.39 is 0 Å². The lowest BCUT2D eigenvalue weighted by atomic mass is 10.2. The minimum absolute atomic E-state index is 0.233. The van der Waals surface area contributed by atoms with Crippen molar-refractivity contribution in [2.24, 2.45) is 0 Å². The Bertz CT molecular complexity index is 887. The lowest BCUT2D eigenvalue weighted by molar-refractivity contribution is 0.0679. The Labute approximate surface area is 169 Å². The third kappa shape index (κ3) is 5.65. The fourth-order valence-electron chi connectivity index (χ4n) is 3.26. The largest absolute Gasteiger partial charge is 0.491 e. The Morgan fingerprint density at radius 3 is 2.69 bits per heavy atom. The number of oxazole rings is 1. The molecule has 2 aromatic carbocycles. The predicted octanol–water partition coefficient (Wildman–Crippen LogP) is 4.37. The van der Waals surface area contributed by atoms with Crippen molar-refractivity contribution in [3.05, 3.63) is 71.9 Å². The fourth-order valence-corrected chi connectivity index (χ4v) is 3.26. The number of halogens is 1. The van der Waals surface area contributed by atoms with E-state index in [1.807, 2.05) is 12.1 Å². The highest BCUT2D eigenvalue weighted by molar-refractivity contribution is 5.52. The molecule has 0 bridgehead atoms. The third-order valence-corrected chi connectivity index (χ3v) is 4.91. The molecule has 0 aliphatic carbocycles. The maximum Gasteiger partial charge on any atom is 0.226 e. The van der Waals surface area contributed by atoms with Crippen LogP contribution in [0.5, 0.6) is 5.75 Å². The van der Waals surface area contributed by atoms with Gasteiger partial charge in [-0.25, -0.2) is 9.37 Å². The lowest BCUT2D eigenvalue weighted by Crippen LogP contribution is -2.17. The number of rotatable bonds is 9. The number of ether oxygens (including phenoxy) is 2. The second-order valence-electron chi connectivity index (χ2n) is 7.17. The zero-order valence-electron chi connectivity index (χ0n) is 16.3. The first-order valence-corrected chi connectivity index (χ1v) is 10.0. The van der Waals surface area contributed by atoms with Crippen LogP contribution in [0.25, 0.3) is 11.5 Å². The van der Waals surface area contributed by atoms with Crippen molar-refractivity contribution in [2.75, 3.05) is 19.8 Å². The van der Waals surface area contributed by atoms with Gasteiger partial charge in [0.05, 0.1) is 11.8 Å². The fraction of sp³-hybridized carbons (Fsp3) is 0.348. The van der Waals surface area contributed by atoms with Crippen molar-refractivity contribution < 1.29 is 18.3 Å². The lowest BCUT2D eigenvalue weighted by Gasteiger charge is -2.12. The van der Waals surface area contributed by atoms with Crippen LogP contribution in [0, 0.1) is 5.82 Å². The molecule has 6 heteroatoms. The van der Waals surface area contributed by atoms with Crippen LogP contribution >= 0.6 is 0 Å². The molecule has 1 aromatic heterocycles. The molecule has 152 valence electrons. The van der Waals surface area contributed by atoms with Gasteiger partial charge < -0.3 is 19.2 Å². The second-order valence-corrected chi connectivity index (χ2v) is 7.17. The quantitative estimate of drug-likeness (QED) is 0.544. The first kappa shape index (κ1) is 19.6. The van der Waals surface area contributed by atoms with Gasteiger partial charge in [0.1, 0.15) is 24.4 Å². The molecule has 1 aliphatic heterocycles. The van der Waals surface area contributed by atoms with E-state index in [2.05, 4.69) is 22.4 Å². The summed E-state index contributed by atoms with van der Waals surface area (Å²) in [4.78, 5) is 4.46. The summed E-state index contributed by atoms with van der Waals surface area (Å²) >= 11 is 0. The number of hydrogen-bond acceptors (Lipinski definition) is 5. The number of aromatic nitrogens is 1. The zero-order valence-corrected chi connectivity index (χ0v) is 16.3. The van der Waals surface area contributed by atoms with Crippen LogP contribution < -0.4 is 10.1 Å². The van der Waals surface area contributed by atoms with Gasteiger partial charge in [0.2, 0.25) is 5.89 Å². The molecule has 0 saturated carbocycles. The summed E-state index contributed by atoms with van der Waals surface area (Å²) in [5.74, 6) is 1.12. The molecule has 1 aliphatic rings. The summed E-state index contributed by atoms with van der Waals surface area (Å²) in [6.45, 7) is 3.02. The highest BCUT2D eigenvalue weighted by Gasteiger charge is 2.15. The van der Waals surface area contributed by atoms with Gasteiger partial charge in [-0.05, 0) is 54.8 Å². The van der Waals surface area contributed by atoms with Crippen LogP contribution in [0.1, 0.15) is 24.1 Å². The minimum Gasteiger partial charge on any atom is -0.491 e. The van der Waals surface area contributed by atoms with Crippen molar-refractivity contribution in [1.82, 2.24) is 10.3 Å². The first-order valence-electron chi connectivity index (χ1n) is 10.0. The summed E-state index contributed by atoms with van der Waals surface area (Å²) in [5, 5.41) is 3.41. The smallest absolute Gasteiger partial charge is 0.226 e. The van der Waals surface area contributed by atoms with E-state index >= 15 is 0 Å². The van der Waals surface area contributed by atoms with Gasteiger partial charge in [-0.3, -0.25) is 0 Å². The Morgan fingerprint density at radius 2 is 1.93 bits per heavy atom. The minimum atomic E-state index is -0.271. The molecule has 2 heterocycles. The highest BCUT2D eigenvalue weighted by Crippen LogP contribution is 2.19. The van der Waals surface area contributed by atoms with E-state index in [9.17, 15) is 4.39 Å². The third-order valence-electron chi connectivity index (χ3n) is 4.91. The molecule has 1 unspecified atom stereocenters. The van der Waals surface area contributed by atoms with Gasteiger partial charge >= 0.3 is 0 Å². The van der Waals surface area contributed by atoms with E-state index in [-0.39, 0.29) is 11.9 Å². The molecule has 3 aromatic rings. The summed E-state index contributed by atoms with van der Waals surface area (Å²) in [5.41, 5.74) is 2.84. The van der Waals surface area contributed by atoms with Crippen LogP contribution in [-0.2, 0) is 17.7 Å². The second kappa shape index (κ2) is 9.67. The van der Waals surface area contributed by atoms with Crippen LogP contribution in [0.15, 0.2) is 59.2 Å². The summed E-state index contributed by atoms with van der Waals surface area (Å²) in [7, 11) is 0. The highest BCUT2D eigenvalue weighted by atomic mass is 19.1. The molecule has 0 spiro atoms. The molecule has 1 atom stereocenters. The van der Waals surface area contributed by atoms with Crippen LogP contribution in [0.4, 0.5) is 4.39 Å². The maximum absolute atomic E-state index is 13.0. The van der Waals surface area contributed by atoms with Crippen LogP contribution in [0.2, 0.25) is 0 Å². The van der Waals surface area contributed by atoms with Crippen LogP contribution in [-0.4, -0.2) is 30.8 Å². The van der Waals surface area contributed by atoms with E-state index in [4.69, 9.17) is 13.9 Å². The van der Waals surface area contributed by atoms with Crippen molar-refractivity contribution in [2.45, 2.75) is 31.9 Å². The van der Waals surface area contributed by atoms with Crippen molar-refractivity contribution in [3.8, 4) is 17.2 Å². The monoisotopic (exact) mass is 396 g/mol. The van der Waals surface area contributed by atoms with Gasteiger partial charge in [-0.1, -0.05) is 12.1 Å². The zero-order chi connectivity index (χ0) is 19.9. The topological polar surface area (TPSA) is 56.5 Å². The SMILES string of the molecule is Fc1ccc(-c2nc(CCNCc3ccc(OCC4CCCO4)cc3)co2)cc1. The summed E-state index contributed by atoms with van der Waals surface area (Å²) in [6.07, 6.45) is 4.85. The first-order chi connectivity index (χ1) is 14.3. The number of hydrogen-bond donors (Lipinski definition) is 1. The van der Waals surface area contributed by atoms with Gasteiger partial charge in [0, 0.05) is 31.7 Å². The number of benzene rings is 2. The van der Waals surface area contributed by atoms with E-state index in [0.29, 0.717) is 12.5 Å². The van der Waals surface area contributed by atoms with Crippen LogP contribution in [0.3, 0.4) is 0 Å². The Morgan fingerprint density at radius 1 is 1.10 bits per heavy atom. The molecule has 1 N–H and O–H groups in total. The molecule has 0 amide bonds. The normalized spacial score (nSPS) is 16.2. The molecule has 5 nitrogen and oxygen atoms in total. The molecule has 1 saturated heterocycles. The summed E-state index contributed by atoms with van der Waals surface area (Å²) < 4.78 is 29.9. The Kier molecular flexibility index (Phi) is 6.54. The van der Waals surface area contributed by atoms with Gasteiger partial charge in [-0.2, -0.15) is 0 Å². The van der Waals surface area contributed by atoms with Gasteiger partial charge in [0.15, 0.2) is 0 Å². The van der Waals surface area contributed by atoms with E-state index in [0.717, 1.165) is 56.0 Å². The molecule has 1 fully saturated rings. The number of nitrogens with zero attached hydrogens (tertiary/aromatic N) is 1. The van der Waals surface area contributed by atoms with E-state index in [1.54, 1.807) is 18.4 Å². The standard InChI is InChI=1S/C23H25FN2O3/c24-19-7-5-18(6-8-19)23-26-20(15-29-23)11-12-25-14-17-3-9-21(10-4-17)28-16-22-2-1-13-27-22/h3-10,15,22,25H,1-2,11-14,16H2. The molecule has 0 radical (unpaired) electrons. The molecule has 4 rings (SSSR count). The van der Waals surface area contributed by atoms with E-state index in [1.165, 1.54) is 17.7 Å². The molecular weight excluding hydrogens is 371 g/mol. The maximum atomic E-state index is 13.0. The average molecular weight is 396 g/mol. The van der Waals surface area contributed by atoms with Crippen molar-refractivity contribution in [3.63, 3.8) is 0 Å². The van der Waals surface area contributed by atoms with Gasteiger partial charge in [-0.15, -0.1) is 0 Å². The molecular formula is C23H25FN2O3. The molecule has 29 heavy (non-hydrogen) atoms. The summed E-state index contributed by atoms with van der Waals surface area (Å²) in [6, 6.07) is 14.3. The van der Waals surface area contributed by atoms with Crippen molar-refractivity contribution in [1.29, 1.82) is 0 Å². The Hall–Kier alpha value is -2.70.